The summed E-state index contributed by atoms with van der Waals surface area (Å²) in [5.74, 6) is -0.212. The van der Waals surface area contributed by atoms with Crippen LogP contribution in [0.5, 0.6) is 0 Å². The molecule has 0 fully saturated rings. The molecule has 0 spiro atoms. The van der Waals surface area contributed by atoms with E-state index >= 15 is 0 Å². The first-order chi connectivity index (χ1) is 10.1. The van der Waals surface area contributed by atoms with Gasteiger partial charge in [0.25, 0.3) is 0 Å². The maximum absolute atomic E-state index is 13.6. The lowest BCUT2D eigenvalue weighted by atomic mass is 10.0. The van der Waals surface area contributed by atoms with E-state index in [0.717, 1.165) is 34.9 Å². The molecule has 0 aromatic heterocycles. The van der Waals surface area contributed by atoms with Crippen LogP contribution in [0, 0.1) is 5.82 Å². The van der Waals surface area contributed by atoms with Crippen LogP contribution in [0.15, 0.2) is 36.4 Å². The third kappa shape index (κ3) is 2.76. The van der Waals surface area contributed by atoms with Crippen molar-refractivity contribution in [3.05, 3.63) is 58.4 Å². The first-order valence-corrected chi connectivity index (χ1v) is 7.53. The second-order valence-electron chi connectivity index (χ2n) is 5.59. The maximum Gasteiger partial charge on any atom is 0.125 e. The Balaban J connectivity index is 2.07. The van der Waals surface area contributed by atoms with Gasteiger partial charge in [-0.3, -0.25) is 0 Å². The molecule has 1 unspecified atom stereocenters. The van der Waals surface area contributed by atoms with E-state index in [0.29, 0.717) is 6.42 Å². The van der Waals surface area contributed by atoms with Crippen LogP contribution < -0.4 is 10.6 Å². The summed E-state index contributed by atoms with van der Waals surface area (Å²) in [6.45, 7) is 2.80. The zero-order valence-electron chi connectivity index (χ0n) is 11.9. The molecule has 3 rings (SSSR count). The second kappa shape index (κ2) is 5.66. The van der Waals surface area contributed by atoms with Gasteiger partial charge in [-0.05, 0) is 55.2 Å². The molecule has 2 nitrogen and oxygen atoms in total. The summed E-state index contributed by atoms with van der Waals surface area (Å²) in [7, 11) is 0. The molecule has 1 atom stereocenters. The highest BCUT2D eigenvalue weighted by atomic mass is 35.5. The molecule has 0 saturated heterocycles. The molecule has 0 bridgehead atoms. The Hall–Kier alpha value is -1.58. The lowest BCUT2D eigenvalue weighted by Crippen LogP contribution is -2.21. The number of anilines is 2. The van der Waals surface area contributed by atoms with E-state index in [-0.39, 0.29) is 11.9 Å². The van der Waals surface area contributed by atoms with E-state index in [4.69, 9.17) is 17.3 Å². The quantitative estimate of drug-likeness (QED) is 0.926. The largest absolute Gasteiger partial charge is 0.341 e. The number of nitrogens with two attached hydrogens (primary N) is 1. The van der Waals surface area contributed by atoms with Gasteiger partial charge in [-0.15, -0.1) is 0 Å². The van der Waals surface area contributed by atoms with Gasteiger partial charge in [-0.2, -0.15) is 0 Å². The molecule has 2 aromatic carbocycles. The number of benzene rings is 2. The minimum absolute atomic E-state index is 0.0261. The number of halogens is 2. The SMILES string of the molecule is CC(N)Cc1c(Cl)cccc1N1CCc2ccc(F)cc21. The van der Waals surface area contributed by atoms with Crippen LogP contribution in [0.4, 0.5) is 15.8 Å². The monoisotopic (exact) mass is 304 g/mol. The first kappa shape index (κ1) is 14.4. The predicted octanol–water partition coefficient (Wildman–Crippen LogP) is 4.06. The Morgan fingerprint density at radius 2 is 2.10 bits per heavy atom. The normalized spacial score (nSPS) is 15.1. The molecule has 0 radical (unpaired) electrons. The van der Waals surface area contributed by atoms with Crippen LogP contribution in [0.1, 0.15) is 18.1 Å². The van der Waals surface area contributed by atoms with E-state index < -0.39 is 0 Å². The fraction of sp³-hybridized carbons (Fsp3) is 0.294. The summed E-state index contributed by atoms with van der Waals surface area (Å²) >= 11 is 6.35. The number of fused-ring (bicyclic) bond motifs is 1. The molecule has 2 aromatic rings. The van der Waals surface area contributed by atoms with Crippen molar-refractivity contribution in [2.24, 2.45) is 5.73 Å². The average molecular weight is 305 g/mol. The van der Waals surface area contributed by atoms with Crippen molar-refractivity contribution in [1.29, 1.82) is 0 Å². The number of hydrogen-bond donors (Lipinski definition) is 1. The topological polar surface area (TPSA) is 29.3 Å². The summed E-state index contributed by atoms with van der Waals surface area (Å²) in [6, 6.07) is 10.8. The van der Waals surface area contributed by atoms with Crippen molar-refractivity contribution >= 4 is 23.0 Å². The highest BCUT2D eigenvalue weighted by Gasteiger charge is 2.24. The predicted molar refractivity (Wildman–Crippen MR) is 85.9 cm³/mol. The van der Waals surface area contributed by atoms with Gasteiger partial charge >= 0.3 is 0 Å². The molecule has 1 aliphatic rings. The fourth-order valence-corrected chi connectivity index (χ4v) is 3.17. The van der Waals surface area contributed by atoms with Gasteiger partial charge in [0.15, 0.2) is 0 Å². The van der Waals surface area contributed by atoms with Crippen LogP contribution in [0.2, 0.25) is 5.02 Å². The molecule has 1 heterocycles. The third-order valence-corrected chi connectivity index (χ3v) is 4.21. The van der Waals surface area contributed by atoms with Crippen molar-refractivity contribution < 1.29 is 4.39 Å². The van der Waals surface area contributed by atoms with Gasteiger partial charge in [0.05, 0.1) is 0 Å². The zero-order chi connectivity index (χ0) is 15.0. The Morgan fingerprint density at radius 1 is 1.29 bits per heavy atom. The van der Waals surface area contributed by atoms with E-state index in [1.54, 1.807) is 6.07 Å². The molecule has 1 aliphatic heterocycles. The summed E-state index contributed by atoms with van der Waals surface area (Å²) < 4.78 is 13.6. The van der Waals surface area contributed by atoms with Crippen molar-refractivity contribution in [3.8, 4) is 0 Å². The van der Waals surface area contributed by atoms with Gasteiger partial charge in [0.2, 0.25) is 0 Å². The summed E-state index contributed by atoms with van der Waals surface area (Å²) in [5.41, 5.74) is 10.1. The Bertz CT molecular complexity index is 670. The lowest BCUT2D eigenvalue weighted by Gasteiger charge is -2.24. The van der Waals surface area contributed by atoms with E-state index in [2.05, 4.69) is 4.90 Å². The maximum atomic E-state index is 13.6. The second-order valence-corrected chi connectivity index (χ2v) is 6.00. The van der Waals surface area contributed by atoms with Crippen LogP contribution >= 0.6 is 11.6 Å². The van der Waals surface area contributed by atoms with Gasteiger partial charge in [0.1, 0.15) is 5.82 Å². The van der Waals surface area contributed by atoms with E-state index in [1.807, 2.05) is 31.2 Å². The van der Waals surface area contributed by atoms with Crippen LogP contribution in [0.3, 0.4) is 0 Å². The van der Waals surface area contributed by atoms with Crippen molar-refractivity contribution in [2.45, 2.75) is 25.8 Å². The van der Waals surface area contributed by atoms with Gasteiger partial charge in [-0.25, -0.2) is 4.39 Å². The smallest absolute Gasteiger partial charge is 0.125 e. The number of nitrogens with zero attached hydrogens (tertiary/aromatic N) is 1. The molecule has 0 amide bonds. The van der Waals surface area contributed by atoms with Crippen LogP contribution in [-0.2, 0) is 12.8 Å². The van der Waals surface area contributed by atoms with Gasteiger partial charge < -0.3 is 10.6 Å². The zero-order valence-corrected chi connectivity index (χ0v) is 12.7. The minimum Gasteiger partial charge on any atom is -0.341 e. The molecule has 0 saturated carbocycles. The Kier molecular flexibility index (Phi) is 3.87. The fourth-order valence-electron chi connectivity index (χ4n) is 2.93. The Morgan fingerprint density at radius 3 is 2.86 bits per heavy atom. The minimum atomic E-state index is -0.212. The van der Waals surface area contributed by atoms with Gasteiger partial charge in [0, 0.05) is 29.0 Å². The standard InChI is InChI=1S/C17H18ClFN2/c1-11(20)9-14-15(18)3-2-4-16(14)21-8-7-12-5-6-13(19)10-17(12)21/h2-6,10-11H,7-9,20H2,1H3. The van der Waals surface area contributed by atoms with Gasteiger partial charge in [-0.1, -0.05) is 23.7 Å². The molecule has 2 N–H and O–H groups in total. The van der Waals surface area contributed by atoms with Crippen molar-refractivity contribution in [2.75, 3.05) is 11.4 Å². The number of hydrogen-bond acceptors (Lipinski definition) is 2. The van der Waals surface area contributed by atoms with E-state index in [9.17, 15) is 4.39 Å². The molecular formula is C17H18ClFN2. The highest BCUT2D eigenvalue weighted by molar-refractivity contribution is 6.31. The lowest BCUT2D eigenvalue weighted by molar-refractivity contribution is 0.628. The van der Waals surface area contributed by atoms with Crippen molar-refractivity contribution in [1.82, 2.24) is 0 Å². The van der Waals surface area contributed by atoms with Crippen molar-refractivity contribution in [3.63, 3.8) is 0 Å². The highest BCUT2D eigenvalue weighted by Crippen LogP contribution is 2.39. The molecule has 0 aliphatic carbocycles. The summed E-state index contributed by atoms with van der Waals surface area (Å²) in [5, 5.41) is 0.717. The third-order valence-electron chi connectivity index (χ3n) is 3.85. The number of rotatable bonds is 3. The molecular weight excluding hydrogens is 287 g/mol. The van der Waals surface area contributed by atoms with Crippen LogP contribution in [0.25, 0.3) is 0 Å². The molecule has 110 valence electrons. The summed E-state index contributed by atoms with van der Waals surface area (Å²) in [6.07, 6.45) is 1.62. The van der Waals surface area contributed by atoms with Crippen LogP contribution in [-0.4, -0.2) is 12.6 Å². The molecule has 4 heteroatoms. The molecule has 21 heavy (non-hydrogen) atoms. The average Bonchev–Trinajstić information content (AvgIpc) is 2.83. The van der Waals surface area contributed by atoms with E-state index in [1.165, 1.54) is 11.6 Å². The summed E-state index contributed by atoms with van der Waals surface area (Å²) in [4.78, 5) is 2.14. The Labute approximate surface area is 129 Å². The first-order valence-electron chi connectivity index (χ1n) is 7.15.